The van der Waals surface area contributed by atoms with E-state index in [1.54, 1.807) is 57.9 Å². The lowest BCUT2D eigenvalue weighted by Crippen LogP contribution is -2.32. The zero-order valence-electron chi connectivity index (χ0n) is 19.8. The quantitative estimate of drug-likeness (QED) is 0.421. The van der Waals surface area contributed by atoms with Crippen LogP contribution in [0.2, 0.25) is 0 Å². The molecule has 2 N–H and O–H groups in total. The molecule has 0 radical (unpaired) electrons. The van der Waals surface area contributed by atoms with Gasteiger partial charge in [-0.05, 0) is 48.4 Å². The highest BCUT2D eigenvalue weighted by atomic mass is 16.5. The van der Waals surface area contributed by atoms with Crippen molar-refractivity contribution in [3.8, 4) is 17.2 Å². The van der Waals surface area contributed by atoms with Gasteiger partial charge in [-0.3, -0.25) is 9.59 Å². The number of hydrogen-bond donors (Lipinski definition) is 2. The maximum Gasteiger partial charge on any atom is 0.251 e. The molecule has 0 saturated carbocycles. The van der Waals surface area contributed by atoms with Crippen molar-refractivity contribution in [2.75, 3.05) is 27.9 Å². The van der Waals surface area contributed by atoms with Gasteiger partial charge in [0.05, 0.1) is 21.3 Å². The summed E-state index contributed by atoms with van der Waals surface area (Å²) in [5.74, 6) is 2.24. The molecule has 1 aromatic heterocycles. The second kappa shape index (κ2) is 11.7. The van der Waals surface area contributed by atoms with Crippen LogP contribution in [0.25, 0.3) is 0 Å². The fraction of sp³-hybridized carbons (Fsp3) is 0.320. The van der Waals surface area contributed by atoms with Crippen LogP contribution in [0.1, 0.15) is 40.6 Å². The zero-order chi connectivity index (χ0) is 24.5. The molecule has 3 aromatic rings. The van der Waals surface area contributed by atoms with E-state index < -0.39 is 6.04 Å². The Morgan fingerprint density at radius 3 is 2.18 bits per heavy atom. The van der Waals surface area contributed by atoms with E-state index in [0.717, 1.165) is 5.56 Å². The molecule has 0 aliphatic rings. The van der Waals surface area contributed by atoms with Crippen molar-refractivity contribution in [1.29, 1.82) is 0 Å². The molecule has 2 aromatic carbocycles. The first-order valence-electron chi connectivity index (χ1n) is 10.9. The van der Waals surface area contributed by atoms with Crippen LogP contribution in [0.3, 0.4) is 0 Å². The van der Waals surface area contributed by atoms with E-state index in [2.05, 4.69) is 15.6 Å². The second-order valence-electron chi connectivity index (χ2n) is 7.63. The topological polar surface area (TPSA) is 104 Å². The van der Waals surface area contributed by atoms with Crippen molar-refractivity contribution in [2.45, 2.75) is 18.9 Å². The molecule has 2 amide bonds. The predicted molar refractivity (Wildman–Crippen MR) is 127 cm³/mol. The lowest BCUT2D eigenvalue weighted by atomic mass is 10.0. The molecule has 1 atom stereocenters. The maximum atomic E-state index is 12.8. The Hall–Kier alpha value is -4.01. The van der Waals surface area contributed by atoms with Crippen molar-refractivity contribution < 1.29 is 23.8 Å². The molecule has 1 heterocycles. The molecular formula is C25H30N4O5. The molecule has 0 fully saturated rings. The van der Waals surface area contributed by atoms with E-state index in [9.17, 15) is 9.59 Å². The molecule has 9 nitrogen and oxygen atoms in total. The summed E-state index contributed by atoms with van der Waals surface area (Å²) >= 11 is 0. The Labute approximate surface area is 199 Å². The largest absolute Gasteiger partial charge is 0.497 e. The first-order valence-corrected chi connectivity index (χ1v) is 10.9. The second-order valence-corrected chi connectivity index (χ2v) is 7.63. The number of benzene rings is 2. The molecule has 180 valence electrons. The fourth-order valence-corrected chi connectivity index (χ4v) is 3.48. The summed E-state index contributed by atoms with van der Waals surface area (Å²) in [5, 5.41) is 5.89. The molecule has 34 heavy (non-hydrogen) atoms. The molecule has 0 bridgehead atoms. The Bertz CT molecular complexity index is 1090. The van der Waals surface area contributed by atoms with E-state index >= 15 is 0 Å². The highest BCUT2D eigenvalue weighted by Crippen LogP contribution is 2.29. The van der Waals surface area contributed by atoms with Gasteiger partial charge in [0, 0.05) is 44.0 Å². The number of hydrogen-bond acceptors (Lipinski definition) is 6. The first kappa shape index (κ1) is 24.6. The molecule has 0 spiro atoms. The standard InChI is InChI=1S/C25H30N4O5/c1-29-13-12-26-24(29)23(18-14-20(33-3)16-21(15-18)34-4)28-22(30)6-5-11-27-25(31)17-7-9-19(32-2)10-8-17/h7-10,12-16,23H,5-6,11H2,1-4H3,(H,27,31)(H,28,30). The molecular weight excluding hydrogens is 436 g/mol. The smallest absolute Gasteiger partial charge is 0.251 e. The number of rotatable bonds is 11. The number of carbonyl (C=O) groups is 2. The maximum absolute atomic E-state index is 12.8. The Kier molecular flexibility index (Phi) is 8.50. The number of aromatic nitrogens is 2. The average molecular weight is 467 g/mol. The number of aryl methyl sites for hydroxylation is 1. The minimum absolute atomic E-state index is 0.159. The Morgan fingerprint density at radius 2 is 1.62 bits per heavy atom. The van der Waals surface area contributed by atoms with Crippen LogP contribution in [0.5, 0.6) is 17.2 Å². The molecule has 9 heteroatoms. The summed E-state index contributed by atoms with van der Waals surface area (Å²) in [6.45, 7) is 0.373. The summed E-state index contributed by atoms with van der Waals surface area (Å²) < 4.78 is 17.7. The lowest BCUT2D eigenvalue weighted by Gasteiger charge is -2.20. The van der Waals surface area contributed by atoms with E-state index in [1.165, 1.54) is 0 Å². The van der Waals surface area contributed by atoms with Gasteiger partial charge < -0.3 is 29.4 Å². The van der Waals surface area contributed by atoms with Gasteiger partial charge in [-0.15, -0.1) is 0 Å². The summed E-state index contributed by atoms with van der Waals surface area (Å²) in [6, 6.07) is 11.8. The van der Waals surface area contributed by atoms with Gasteiger partial charge >= 0.3 is 0 Å². The van der Waals surface area contributed by atoms with E-state index in [1.807, 2.05) is 29.9 Å². The normalized spacial score (nSPS) is 11.4. The summed E-state index contributed by atoms with van der Waals surface area (Å²) in [5.41, 5.74) is 1.32. The van der Waals surface area contributed by atoms with Crippen LogP contribution in [0.15, 0.2) is 54.9 Å². The van der Waals surface area contributed by atoms with Gasteiger partial charge in [0.15, 0.2) is 0 Å². The average Bonchev–Trinajstić information content (AvgIpc) is 3.29. The number of carbonyl (C=O) groups excluding carboxylic acids is 2. The van der Waals surface area contributed by atoms with E-state index in [0.29, 0.717) is 41.6 Å². The number of nitrogens with one attached hydrogen (secondary N) is 2. The zero-order valence-corrected chi connectivity index (χ0v) is 19.8. The highest BCUT2D eigenvalue weighted by Gasteiger charge is 2.22. The molecule has 1 unspecified atom stereocenters. The van der Waals surface area contributed by atoms with Crippen LogP contribution >= 0.6 is 0 Å². The third-order valence-corrected chi connectivity index (χ3v) is 5.35. The van der Waals surface area contributed by atoms with Gasteiger partial charge in [0.2, 0.25) is 5.91 Å². The fourth-order valence-electron chi connectivity index (χ4n) is 3.48. The van der Waals surface area contributed by atoms with Crippen molar-refractivity contribution in [3.05, 3.63) is 71.8 Å². The first-order chi connectivity index (χ1) is 16.4. The number of nitrogens with zero attached hydrogens (tertiary/aromatic N) is 2. The predicted octanol–water partition coefficient (Wildman–Crippen LogP) is 2.86. The number of ether oxygens (including phenoxy) is 3. The minimum Gasteiger partial charge on any atom is -0.497 e. The SMILES string of the molecule is COc1ccc(C(=O)NCCCC(=O)NC(c2cc(OC)cc(OC)c2)c2nccn2C)cc1. The molecule has 0 aliphatic carbocycles. The minimum atomic E-state index is -0.495. The van der Waals surface area contributed by atoms with Crippen LogP contribution in [0, 0.1) is 0 Å². The summed E-state index contributed by atoms with van der Waals surface area (Å²) in [7, 11) is 6.59. The van der Waals surface area contributed by atoms with Gasteiger partial charge in [0.1, 0.15) is 29.1 Å². The van der Waals surface area contributed by atoms with E-state index in [4.69, 9.17) is 14.2 Å². The molecule has 3 rings (SSSR count). The molecule has 0 aliphatic heterocycles. The third kappa shape index (κ3) is 6.28. The molecule has 0 saturated heterocycles. The van der Waals surface area contributed by atoms with Gasteiger partial charge in [-0.25, -0.2) is 4.98 Å². The Balaban J connectivity index is 1.61. The highest BCUT2D eigenvalue weighted by molar-refractivity contribution is 5.94. The van der Waals surface area contributed by atoms with Crippen molar-refractivity contribution >= 4 is 11.8 Å². The van der Waals surface area contributed by atoms with Gasteiger partial charge in [0.25, 0.3) is 5.91 Å². The van der Waals surface area contributed by atoms with Crippen molar-refractivity contribution in [1.82, 2.24) is 20.2 Å². The summed E-state index contributed by atoms with van der Waals surface area (Å²) in [6.07, 6.45) is 4.23. The van der Waals surface area contributed by atoms with Crippen molar-refractivity contribution in [3.63, 3.8) is 0 Å². The van der Waals surface area contributed by atoms with Crippen LogP contribution in [-0.2, 0) is 11.8 Å². The van der Waals surface area contributed by atoms with Gasteiger partial charge in [-0.2, -0.15) is 0 Å². The van der Waals surface area contributed by atoms with Crippen LogP contribution in [-0.4, -0.2) is 49.2 Å². The van der Waals surface area contributed by atoms with Crippen LogP contribution < -0.4 is 24.8 Å². The van der Waals surface area contributed by atoms with Crippen molar-refractivity contribution in [2.24, 2.45) is 7.05 Å². The Morgan fingerprint density at radius 1 is 0.971 bits per heavy atom. The number of amides is 2. The van der Waals surface area contributed by atoms with Crippen LogP contribution in [0.4, 0.5) is 0 Å². The van der Waals surface area contributed by atoms with Gasteiger partial charge in [-0.1, -0.05) is 0 Å². The number of methoxy groups -OCH3 is 3. The third-order valence-electron chi connectivity index (χ3n) is 5.35. The van der Waals surface area contributed by atoms with E-state index in [-0.39, 0.29) is 18.2 Å². The number of imidazole rings is 1. The summed E-state index contributed by atoms with van der Waals surface area (Å²) in [4.78, 5) is 29.5. The lowest BCUT2D eigenvalue weighted by molar-refractivity contribution is -0.121. The monoisotopic (exact) mass is 466 g/mol.